The van der Waals surface area contributed by atoms with E-state index >= 15 is 0 Å². The minimum absolute atomic E-state index is 0.365. The average Bonchev–Trinajstić information content (AvgIpc) is 2.58. The second kappa shape index (κ2) is 4.95. The first-order valence-corrected chi connectivity index (χ1v) is 6.65. The van der Waals surface area contributed by atoms with E-state index in [0.717, 1.165) is 35.0 Å². The molecule has 0 bridgehead atoms. The Morgan fingerprint density at radius 1 is 1.33 bits per heavy atom. The van der Waals surface area contributed by atoms with Gasteiger partial charge in [-0.3, -0.25) is 4.90 Å². The molecule has 2 nitrogen and oxygen atoms in total. The molecule has 1 fully saturated rings. The van der Waals surface area contributed by atoms with Crippen LogP contribution in [-0.2, 0) is 6.54 Å². The third-order valence-electron chi connectivity index (χ3n) is 2.70. The lowest BCUT2D eigenvalue weighted by atomic mass is 10.2. The van der Waals surface area contributed by atoms with Gasteiger partial charge in [-0.1, -0.05) is 6.07 Å². The van der Waals surface area contributed by atoms with Crippen molar-refractivity contribution < 1.29 is 0 Å². The maximum Gasteiger partial charge on any atom is 0.0320 e. The number of halogens is 2. The van der Waals surface area contributed by atoms with Gasteiger partial charge in [-0.25, -0.2) is 0 Å². The Bertz CT molecular complexity index is 354. The van der Waals surface area contributed by atoms with Crippen molar-refractivity contribution in [2.24, 2.45) is 5.73 Å². The summed E-state index contributed by atoms with van der Waals surface area (Å²) in [6.45, 7) is 3.14. The van der Waals surface area contributed by atoms with Crippen LogP contribution < -0.4 is 5.73 Å². The highest BCUT2D eigenvalue weighted by Crippen LogP contribution is 2.24. The van der Waals surface area contributed by atoms with E-state index in [0.29, 0.717) is 6.04 Å². The fraction of sp³-hybridized carbons (Fsp3) is 0.455. The van der Waals surface area contributed by atoms with Gasteiger partial charge in [0.1, 0.15) is 0 Å². The van der Waals surface area contributed by atoms with Crippen LogP contribution in [0.25, 0.3) is 0 Å². The highest BCUT2D eigenvalue weighted by atomic mass is 79.9. The SMILES string of the molecule is NC1CCN(Cc2ccc(Br)c(Br)c2)C1. The molecule has 2 rings (SSSR count). The van der Waals surface area contributed by atoms with Crippen LogP contribution >= 0.6 is 31.9 Å². The molecule has 0 saturated carbocycles. The van der Waals surface area contributed by atoms with Gasteiger partial charge < -0.3 is 5.73 Å². The van der Waals surface area contributed by atoms with Gasteiger partial charge in [0.05, 0.1) is 0 Å². The average molecular weight is 334 g/mol. The molecule has 4 heteroatoms. The predicted molar refractivity (Wildman–Crippen MR) is 69.7 cm³/mol. The molecule has 2 N–H and O–H groups in total. The third-order valence-corrected chi connectivity index (χ3v) is 4.58. The summed E-state index contributed by atoms with van der Waals surface area (Å²) in [4.78, 5) is 2.40. The zero-order chi connectivity index (χ0) is 10.8. The van der Waals surface area contributed by atoms with Crippen molar-refractivity contribution in [2.45, 2.75) is 19.0 Å². The fourth-order valence-electron chi connectivity index (χ4n) is 1.90. The van der Waals surface area contributed by atoms with Crippen LogP contribution in [0.15, 0.2) is 27.1 Å². The van der Waals surface area contributed by atoms with Gasteiger partial charge in [-0.2, -0.15) is 0 Å². The molecular weight excluding hydrogens is 320 g/mol. The van der Waals surface area contributed by atoms with Crippen molar-refractivity contribution >= 4 is 31.9 Å². The first kappa shape index (κ1) is 11.6. The van der Waals surface area contributed by atoms with E-state index in [-0.39, 0.29) is 0 Å². The standard InChI is InChI=1S/C11H14Br2N2/c12-10-2-1-8(5-11(10)13)6-15-4-3-9(14)7-15/h1-2,5,9H,3-4,6-7,14H2. The van der Waals surface area contributed by atoms with E-state index in [1.165, 1.54) is 5.56 Å². The van der Waals surface area contributed by atoms with Gasteiger partial charge >= 0.3 is 0 Å². The molecular formula is C11H14Br2N2. The molecule has 1 aromatic rings. The second-order valence-electron chi connectivity index (χ2n) is 4.03. The number of benzene rings is 1. The zero-order valence-electron chi connectivity index (χ0n) is 8.42. The van der Waals surface area contributed by atoms with Crippen molar-refractivity contribution in [3.63, 3.8) is 0 Å². The van der Waals surface area contributed by atoms with Crippen LogP contribution in [0, 0.1) is 0 Å². The second-order valence-corrected chi connectivity index (χ2v) is 5.74. The summed E-state index contributed by atoms with van der Waals surface area (Å²) >= 11 is 6.99. The van der Waals surface area contributed by atoms with Crippen molar-refractivity contribution in [3.05, 3.63) is 32.7 Å². The highest BCUT2D eigenvalue weighted by Gasteiger charge is 2.18. The lowest BCUT2D eigenvalue weighted by molar-refractivity contribution is 0.327. The summed E-state index contributed by atoms with van der Waals surface area (Å²) in [5.41, 5.74) is 7.21. The zero-order valence-corrected chi connectivity index (χ0v) is 11.6. The maximum atomic E-state index is 5.87. The van der Waals surface area contributed by atoms with E-state index in [1.54, 1.807) is 0 Å². The molecule has 0 amide bonds. The van der Waals surface area contributed by atoms with E-state index in [2.05, 4.69) is 55.0 Å². The first-order chi connectivity index (χ1) is 7.15. The molecule has 1 saturated heterocycles. The van der Waals surface area contributed by atoms with Crippen LogP contribution in [0.1, 0.15) is 12.0 Å². The van der Waals surface area contributed by atoms with E-state index in [1.807, 2.05) is 0 Å². The minimum atomic E-state index is 0.365. The molecule has 0 spiro atoms. The van der Waals surface area contributed by atoms with Gasteiger partial charge in [0.2, 0.25) is 0 Å². The van der Waals surface area contributed by atoms with E-state index in [4.69, 9.17) is 5.73 Å². The van der Waals surface area contributed by atoms with Crippen LogP contribution in [0.5, 0.6) is 0 Å². The predicted octanol–water partition coefficient (Wildman–Crippen LogP) is 2.74. The van der Waals surface area contributed by atoms with Gasteiger partial charge in [0.25, 0.3) is 0 Å². The van der Waals surface area contributed by atoms with Crippen LogP contribution in [0.2, 0.25) is 0 Å². The Morgan fingerprint density at radius 3 is 2.73 bits per heavy atom. The molecule has 0 radical (unpaired) electrons. The van der Waals surface area contributed by atoms with Gasteiger partial charge in [0, 0.05) is 34.6 Å². The fourth-order valence-corrected chi connectivity index (χ4v) is 2.58. The van der Waals surface area contributed by atoms with Gasteiger partial charge in [0.15, 0.2) is 0 Å². The molecule has 1 heterocycles. The minimum Gasteiger partial charge on any atom is -0.326 e. The normalized spacial score (nSPS) is 22.2. The van der Waals surface area contributed by atoms with Crippen molar-refractivity contribution in [1.29, 1.82) is 0 Å². The van der Waals surface area contributed by atoms with Crippen LogP contribution in [0.3, 0.4) is 0 Å². The largest absolute Gasteiger partial charge is 0.326 e. The molecule has 15 heavy (non-hydrogen) atoms. The van der Waals surface area contributed by atoms with Gasteiger partial charge in [-0.15, -0.1) is 0 Å². The Labute approximate surface area is 107 Å². The van der Waals surface area contributed by atoms with Crippen LogP contribution in [-0.4, -0.2) is 24.0 Å². The molecule has 1 aromatic carbocycles. The maximum absolute atomic E-state index is 5.87. The van der Waals surface area contributed by atoms with E-state index in [9.17, 15) is 0 Å². The number of hydrogen-bond donors (Lipinski definition) is 1. The highest BCUT2D eigenvalue weighted by molar-refractivity contribution is 9.13. The molecule has 82 valence electrons. The first-order valence-electron chi connectivity index (χ1n) is 5.07. The molecule has 1 aliphatic heterocycles. The summed E-state index contributed by atoms with van der Waals surface area (Å²) in [6.07, 6.45) is 1.12. The summed E-state index contributed by atoms with van der Waals surface area (Å²) in [7, 11) is 0. The number of nitrogens with zero attached hydrogens (tertiary/aromatic N) is 1. The van der Waals surface area contributed by atoms with Crippen molar-refractivity contribution in [2.75, 3.05) is 13.1 Å². The third kappa shape index (κ3) is 3.03. The Morgan fingerprint density at radius 2 is 2.13 bits per heavy atom. The molecule has 1 atom stereocenters. The monoisotopic (exact) mass is 332 g/mol. The molecule has 1 unspecified atom stereocenters. The van der Waals surface area contributed by atoms with Gasteiger partial charge in [-0.05, 0) is 56.0 Å². The Kier molecular flexibility index (Phi) is 3.83. The molecule has 0 aliphatic carbocycles. The topological polar surface area (TPSA) is 29.3 Å². The summed E-state index contributed by atoms with van der Waals surface area (Å²) < 4.78 is 2.22. The van der Waals surface area contributed by atoms with Crippen molar-refractivity contribution in [1.82, 2.24) is 4.90 Å². The number of hydrogen-bond acceptors (Lipinski definition) is 2. The number of nitrogens with two attached hydrogens (primary N) is 1. The summed E-state index contributed by atoms with van der Waals surface area (Å²) in [6, 6.07) is 6.76. The molecule has 0 aromatic heterocycles. The lowest BCUT2D eigenvalue weighted by Gasteiger charge is -2.15. The summed E-state index contributed by atoms with van der Waals surface area (Å²) in [5, 5.41) is 0. The summed E-state index contributed by atoms with van der Waals surface area (Å²) in [5.74, 6) is 0. The smallest absolute Gasteiger partial charge is 0.0320 e. The van der Waals surface area contributed by atoms with Crippen LogP contribution in [0.4, 0.5) is 0 Å². The van der Waals surface area contributed by atoms with Crippen molar-refractivity contribution in [3.8, 4) is 0 Å². The number of rotatable bonds is 2. The number of likely N-dealkylation sites (tertiary alicyclic amines) is 1. The Balaban J connectivity index is 2.02. The lowest BCUT2D eigenvalue weighted by Crippen LogP contribution is -2.26. The Hall–Kier alpha value is 0.1000. The molecule has 1 aliphatic rings. The van der Waals surface area contributed by atoms with E-state index < -0.39 is 0 Å². The quantitative estimate of drug-likeness (QED) is 0.901.